The van der Waals surface area contributed by atoms with Crippen LogP contribution in [-0.4, -0.2) is 25.4 Å². The zero-order valence-corrected chi connectivity index (χ0v) is 17.7. The number of carbonyl (C=O) groups is 1. The number of hydrogen-bond donors (Lipinski definition) is 1. The van der Waals surface area contributed by atoms with Crippen LogP contribution in [0.4, 0.5) is 32.0 Å². The van der Waals surface area contributed by atoms with Crippen LogP contribution in [0.3, 0.4) is 0 Å². The number of benzene rings is 3. The Balaban J connectivity index is 1.93. The summed E-state index contributed by atoms with van der Waals surface area (Å²) in [7, 11) is 1.37. The molecule has 0 radical (unpaired) electrons. The van der Waals surface area contributed by atoms with E-state index in [-0.39, 0.29) is 11.1 Å². The third-order valence-electron chi connectivity index (χ3n) is 5.00. The van der Waals surface area contributed by atoms with Crippen molar-refractivity contribution in [2.45, 2.75) is 24.6 Å². The summed E-state index contributed by atoms with van der Waals surface area (Å²) in [6.07, 6.45) is -11.7. The number of para-hydroxylation sites is 1. The van der Waals surface area contributed by atoms with E-state index in [4.69, 9.17) is 4.74 Å². The van der Waals surface area contributed by atoms with Crippen LogP contribution in [0.25, 0.3) is 0 Å². The Morgan fingerprint density at radius 2 is 1.35 bits per heavy atom. The van der Waals surface area contributed by atoms with Gasteiger partial charge >= 0.3 is 12.4 Å². The number of carbonyl (C=O) groups excluding carboxylic acids is 1. The van der Waals surface area contributed by atoms with Crippen molar-refractivity contribution in [2.75, 3.05) is 12.4 Å². The Bertz CT molecular complexity index is 1080. The fourth-order valence-electron chi connectivity index (χ4n) is 3.23. The van der Waals surface area contributed by atoms with Crippen molar-refractivity contribution in [1.82, 2.24) is 0 Å². The second-order valence-electron chi connectivity index (χ2n) is 7.21. The standard InChI is InChI=1S/C24H19F6NO3/c1-33-20-13-7-16(8-14-20)15-34-22(23(25,26)27,24(28,29)30)18-11-9-17(10-12-18)21(32)31-19-5-3-2-4-6-19/h2-14H,15H2,1H3,(H,31,32). The number of halogens is 6. The summed E-state index contributed by atoms with van der Waals surface area (Å²) in [4.78, 5) is 12.3. The van der Waals surface area contributed by atoms with Crippen molar-refractivity contribution in [1.29, 1.82) is 0 Å². The van der Waals surface area contributed by atoms with E-state index in [1.807, 2.05) is 0 Å². The van der Waals surface area contributed by atoms with Gasteiger partial charge in [0.25, 0.3) is 11.5 Å². The minimum Gasteiger partial charge on any atom is -0.497 e. The van der Waals surface area contributed by atoms with E-state index in [1.54, 1.807) is 30.3 Å². The topological polar surface area (TPSA) is 47.6 Å². The predicted molar refractivity (Wildman–Crippen MR) is 112 cm³/mol. The van der Waals surface area contributed by atoms with E-state index >= 15 is 0 Å². The lowest BCUT2D eigenvalue weighted by molar-refractivity contribution is -0.392. The summed E-state index contributed by atoms with van der Waals surface area (Å²) < 4.78 is 93.4. The Hall–Kier alpha value is -3.53. The SMILES string of the molecule is COc1ccc(COC(c2ccc(C(=O)Nc3ccccc3)cc2)(C(F)(F)F)C(F)(F)F)cc1. The number of methoxy groups -OCH3 is 1. The van der Waals surface area contributed by atoms with Gasteiger partial charge in [-0.2, -0.15) is 26.3 Å². The van der Waals surface area contributed by atoms with Gasteiger partial charge in [0.05, 0.1) is 13.7 Å². The summed E-state index contributed by atoms with van der Waals surface area (Å²) in [6.45, 7) is -0.973. The van der Waals surface area contributed by atoms with Crippen LogP contribution in [0.2, 0.25) is 0 Å². The van der Waals surface area contributed by atoms with Crippen LogP contribution in [-0.2, 0) is 16.9 Å². The van der Waals surface area contributed by atoms with E-state index in [0.717, 1.165) is 12.1 Å². The van der Waals surface area contributed by atoms with E-state index in [9.17, 15) is 31.1 Å². The van der Waals surface area contributed by atoms with E-state index < -0.39 is 36.0 Å². The number of amides is 1. The molecule has 0 bridgehead atoms. The zero-order chi connectivity index (χ0) is 25.0. The molecule has 10 heteroatoms. The highest BCUT2D eigenvalue weighted by atomic mass is 19.4. The fourth-order valence-corrected chi connectivity index (χ4v) is 3.23. The third-order valence-corrected chi connectivity index (χ3v) is 5.00. The van der Waals surface area contributed by atoms with Gasteiger partial charge in [0.15, 0.2) is 0 Å². The minimum atomic E-state index is -5.84. The lowest BCUT2D eigenvalue weighted by Crippen LogP contribution is -2.55. The first kappa shape index (κ1) is 25.1. The van der Waals surface area contributed by atoms with Gasteiger partial charge in [-0.1, -0.05) is 42.5 Å². The van der Waals surface area contributed by atoms with Crippen molar-refractivity contribution in [3.63, 3.8) is 0 Å². The van der Waals surface area contributed by atoms with Gasteiger partial charge < -0.3 is 14.8 Å². The smallest absolute Gasteiger partial charge is 0.430 e. The van der Waals surface area contributed by atoms with Crippen molar-refractivity contribution in [3.8, 4) is 5.75 Å². The molecule has 3 aromatic rings. The number of rotatable bonds is 7. The molecule has 0 spiro atoms. The van der Waals surface area contributed by atoms with Crippen molar-refractivity contribution < 1.29 is 40.6 Å². The second kappa shape index (κ2) is 9.76. The summed E-state index contributed by atoms with van der Waals surface area (Å²) in [5.74, 6) is -0.312. The predicted octanol–water partition coefficient (Wildman–Crippen LogP) is 6.48. The average Bonchev–Trinajstić information content (AvgIpc) is 2.79. The van der Waals surface area contributed by atoms with Gasteiger partial charge in [-0.15, -0.1) is 0 Å². The molecular weight excluding hydrogens is 464 g/mol. The normalized spacial score (nSPS) is 12.3. The molecule has 0 saturated heterocycles. The first-order valence-electron chi connectivity index (χ1n) is 9.85. The quantitative estimate of drug-likeness (QED) is 0.391. The van der Waals surface area contributed by atoms with E-state index in [2.05, 4.69) is 10.1 Å². The molecular formula is C24H19F6NO3. The van der Waals surface area contributed by atoms with Gasteiger partial charge in [-0.3, -0.25) is 4.79 Å². The summed E-state index contributed by atoms with van der Waals surface area (Å²) in [5.41, 5.74) is -5.43. The van der Waals surface area contributed by atoms with Gasteiger partial charge in [0.2, 0.25) is 0 Å². The molecule has 0 heterocycles. The molecule has 1 amide bonds. The van der Waals surface area contributed by atoms with Gasteiger partial charge in [-0.25, -0.2) is 0 Å². The van der Waals surface area contributed by atoms with Crippen LogP contribution >= 0.6 is 0 Å². The summed E-state index contributed by atoms with van der Waals surface area (Å²) >= 11 is 0. The number of nitrogens with one attached hydrogen (secondary N) is 1. The van der Waals surface area contributed by atoms with E-state index in [0.29, 0.717) is 23.6 Å². The molecule has 0 fully saturated rings. The maximum absolute atomic E-state index is 14.0. The van der Waals surface area contributed by atoms with Gasteiger partial charge in [-0.05, 0) is 42.0 Å². The molecule has 0 atom stereocenters. The second-order valence-corrected chi connectivity index (χ2v) is 7.21. The Morgan fingerprint density at radius 3 is 1.85 bits per heavy atom. The van der Waals surface area contributed by atoms with Gasteiger partial charge in [0, 0.05) is 16.8 Å². The molecule has 180 valence electrons. The average molecular weight is 483 g/mol. The van der Waals surface area contributed by atoms with Gasteiger partial charge in [0.1, 0.15) is 5.75 Å². The first-order valence-corrected chi connectivity index (χ1v) is 9.85. The number of ether oxygens (including phenoxy) is 2. The van der Waals surface area contributed by atoms with Crippen LogP contribution in [0.15, 0.2) is 78.9 Å². The monoisotopic (exact) mass is 483 g/mol. The lowest BCUT2D eigenvalue weighted by Gasteiger charge is -2.37. The molecule has 0 saturated carbocycles. The highest BCUT2D eigenvalue weighted by Crippen LogP contribution is 2.53. The Kier molecular flexibility index (Phi) is 7.21. The number of anilines is 1. The van der Waals surface area contributed by atoms with Crippen LogP contribution in [0, 0.1) is 0 Å². The zero-order valence-electron chi connectivity index (χ0n) is 17.7. The van der Waals surface area contributed by atoms with Crippen LogP contribution in [0.5, 0.6) is 5.75 Å². The third kappa shape index (κ3) is 5.17. The molecule has 3 rings (SSSR count). The maximum atomic E-state index is 14.0. The first-order chi connectivity index (χ1) is 16.0. The molecule has 1 N–H and O–H groups in total. The number of hydrogen-bond acceptors (Lipinski definition) is 3. The number of alkyl halides is 6. The Labute approximate surface area is 191 Å². The molecule has 34 heavy (non-hydrogen) atoms. The maximum Gasteiger partial charge on any atom is 0.430 e. The molecule has 0 aromatic heterocycles. The van der Waals surface area contributed by atoms with E-state index in [1.165, 1.54) is 31.4 Å². The van der Waals surface area contributed by atoms with Crippen molar-refractivity contribution in [3.05, 3.63) is 95.6 Å². The lowest BCUT2D eigenvalue weighted by atomic mass is 9.90. The summed E-state index contributed by atoms with van der Waals surface area (Å²) in [6, 6.07) is 16.5. The fraction of sp³-hybridized carbons (Fsp3) is 0.208. The Morgan fingerprint density at radius 1 is 0.794 bits per heavy atom. The molecule has 0 unspecified atom stereocenters. The summed E-state index contributed by atoms with van der Waals surface area (Å²) in [5, 5.41) is 2.51. The highest BCUT2D eigenvalue weighted by Gasteiger charge is 2.73. The molecule has 0 aliphatic carbocycles. The van der Waals surface area contributed by atoms with Crippen molar-refractivity contribution in [2.24, 2.45) is 0 Å². The van der Waals surface area contributed by atoms with Crippen molar-refractivity contribution >= 4 is 11.6 Å². The van der Waals surface area contributed by atoms with Crippen LogP contribution in [0.1, 0.15) is 21.5 Å². The molecule has 0 aliphatic rings. The highest BCUT2D eigenvalue weighted by molar-refractivity contribution is 6.04. The molecule has 0 aliphatic heterocycles. The minimum absolute atomic E-state index is 0.0811. The largest absolute Gasteiger partial charge is 0.497 e. The van der Waals surface area contributed by atoms with Crippen LogP contribution < -0.4 is 10.1 Å². The molecule has 3 aromatic carbocycles. The molecule has 4 nitrogen and oxygen atoms in total.